The Bertz CT molecular complexity index is 451. The molecule has 1 rings (SSSR count). The molecule has 1 aliphatic rings. The first-order chi connectivity index (χ1) is 10.1. The van der Waals surface area contributed by atoms with E-state index in [0.717, 1.165) is 25.3 Å². The topological polar surface area (TPSA) is 100 Å². The van der Waals surface area contributed by atoms with E-state index in [1.54, 1.807) is 0 Å². The maximum absolute atomic E-state index is 11.9. The summed E-state index contributed by atoms with van der Waals surface area (Å²) in [6.07, 6.45) is -0.885. The first-order valence-electron chi connectivity index (χ1n) is 6.58. The van der Waals surface area contributed by atoms with Crippen LogP contribution in [0.4, 0.5) is 0 Å². The molecule has 1 fully saturated rings. The van der Waals surface area contributed by atoms with Gasteiger partial charge in [0.05, 0.1) is 18.0 Å². The van der Waals surface area contributed by atoms with E-state index in [1.165, 1.54) is 0 Å². The number of rotatable bonds is 9. The van der Waals surface area contributed by atoms with Crippen molar-refractivity contribution in [2.24, 2.45) is 0 Å². The van der Waals surface area contributed by atoms with Gasteiger partial charge in [-0.3, -0.25) is 4.57 Å². The Morgan fingerprint density at radius 1 is 1.57 bits per heavy atom. The van der Waals surface area contributed by atoms with Crippen LogP contribution in [0, 0.1) is 0 Å². The Kier molecular flexibility index (Phi) is 7.99. The standard InChI is InChI=1S/C9H20O7P2S3/c1-3-4-14-7-6-21-8(5-15-17(10,11)19)9(7)16-18(12,20)13-2/h7-9H,3-6H2,1-2H3,(H,12,20)(H2,10,11,19)/p-3/t7-,8+,9-,18?/m0/s1/i6T/t6-,7-,8+,9-,18?. The van der Waals surface area contributed by atoms with Crippen LogP contribution in [-0.4, -0.2) is 43.5 Å². The van der Waals surface area contributed by atoms with Gasteiger partial charge in [0.1, 0.15) is 6.10 Å². The minimum atomic E-state index is -4.33. The Balaban J connectivity index is 2.84. The molecule has 126 valence electrons. The lowest BCUT2D eigenvalue weighted by Gasteiger charge is -2.37. The molecule has 0 bridgehead atoms. The van der Waals surface area contributed by atoms with Crippen LogP contribution in [-0.2, 0) is 46.9 Å². The van der Waals surface area contributed by atoms with Gasteiger partial charge in [-0.2, -0.15) is 11.8 Å². The quantitative estimate of drug-likeness (QED) is 0.405. The summed E-state index contributed by atoms with van der Waals surface area (Å²) in [5.74, 6) is 0. The second-order valence-corrected chi connectivity index (χ2v) is 10.5. The third-order valence-corrected chi connectivity index (χ3v) is 6.08. The lowest BCUT2D eigenvalue weighted by Crippen LogP contribution is -2.36. The summed E-state index contributed by atoms with van der Waals surface area (Å²) in [7, 11) is 1.15. The van der Waals surface area contributed by atoms with E-state index in [2.05, 4.69) is 20.9 Å². The Hall–Kier alpha value is 1.34. The van der Waals surface area contributed by atoms with Crippen molar-refractivity contribution in [3.63, 3.8) is 0 Å². The fourth-order valence-corrected chi connectivity index (χ4v) is 4.31. The Labute approximate surface area is 140 Å². The molecule has 0 amide bonds. The summed E-state index contributed by atoms with van der Waals surface area (Å²) in [6.45, 7) is -6.10. The summed E-state index contributed by atoms with van der Waals surface area (Å²) in [4.78, 5) is 21.9. The van der Waals surface area contributed by atoms with Gasteiger partial charge in [-0.1, -0.05) is 13.6 Å². The number of hydrogen-bond acceptors (Lipinski definition) is 10. The van der Waals surface area contributed by atoms with Crippen LogP contribution in [0.15, 0.2) is 0 Å². The van der Waals surface area contributed by atoms with E-state index in [4.69, 9.17) is 22.9 Å². The molecule has 0 spiro atoms. The third kappa shape index (κ3) is 7.63. The van der Waals surface area contributed by atoms with Crippen molar-refractivity contribution < 1.29 is 34.0 Å². The van der Waals surface area contributed by atoms with E-state index >= 15 is 0 Å². The molecule has 7 nitrogen and oxygen atoms in total. The average Bonchev–Trinajstić information content (AvgIpc) is 2.69. The monoisotopic (exact) mass is 397 g/mol. The molecule has 0 aromatic rings. The number of hydrogen-bond donors (Lipinski definition) is 0. The average molecular weight is 397 g/mol. The van der Waals surface area contributed by atoms with Gasteiger partial charge in [-0.05, 0) is 6.42 Å². The first kappa shape index (κ1) is 18.7. The van der Waals surface area contributed by atoms with Crippen LogP contribution < -0.4 is 9.79 Å². The second kappa shape index (κ2) is 8.99. The SMILES string of the molecule is [3H][C@@H]1S[C@H](COP([O-])([O-])=S)[C@@H](OP(=O)([S-])OC)[C@H]1OCCC. The molecule has 1 aliphatic heterocycles. The molecule has 0 N–H and O–H groups in total. The minimum absolute atomic E-state index is 0.306. The normalized spacial score (nSPS) is 33.7. The maximum atomic E-state index is 11.9. The summed E-state index contributed by atoms with van der Waals surface area (Å²) in [5, 5.41) is -0.610. The largest absolute Gasteiger partial charge is 0.812 e. The second-order valence-electron chi connectivity index (χ2n) is 4.09. The summed E-state index contributed by atoms with van der Waals surface area (Å²) >= 11 is 9.96. The summed E-state index contributed by atoms with van der Waals surface area (Å²) in [6, 6.07) is 0. The van der Waals surface area contributed by atoms with Crippen molar-refractivity contribution in [3.8, 4) is 0 Å². The molecule has 12 heteroatoms. The first-order valence-corrected chi connectivity index (χ1v) is 12.1. The fourth-order valence-electron chi connectivity index (χ4n) is 1.55. The maximum Gasteiger partial charge on any atom is 0.200 e. The van der Waals surface area contributed by atoms with Crippen molar-refractivity contribution in [1.29, 1.82) is 0 Å². The Morgan fingerprint density at radius 2 is 2.24 bits per heavy atom. The molecular formula is C9H17O7P2S3-3. The lowest BCUT2D eigenvalue weighted by atomic mass is 10.2. The van der Waals surface area contributed by atoms with Gasteiger partial charge in [-0.15, -0.1) is 11.8 Å². The smallest absolute Gasteiger partial charge is 0.200 e. The highest BCUT2D eigenvalue weighted by molar-refractivity contribution is 8.32. The molecule has 0 aromatic carbocycles. The van der Waals surface area contributed by atoms with E-state index in [-0.39, 0.29) is 6.61 Å². The lowest BCUT2D eigenvalue weighted by molar-refractivity contribution is -0.321. The zero-order valence-corrected chi connectivity index (χ0v) is 15.6. The zero-order chi connectivity index (χ0) is 17.0. The molecule has 21 heavy (non-hydrogen) atoms. The van der Waals surface area contributed by atoms with Crippen molar-refractivity contribution in [1.82, 2.24) is 0 Å². The molecule has 0 aromatic heterocycles. The molecule has 0 aliphatic carbocycles. The fraction of sp³-hybridized carbons (Fsp3) is 1.00. The van der Waals surface area contributed by atoms with Crippen LogP contribution in [0.2, 0.25) is 0 Å². The van der Waals surface area contributed by atoms with Gasteiger partial charge in [-0.25, -0.2) is 0 Å². The van der Waals surface area contributed by atoms with E-state index in [0.29, 0.717) is 6.61 Å². The highest BCUT2D eigenvalue weighted by Crippen LogP contribution is 2.50. The summed E-state index contributed by atoms with van der Waals surface area (Å²) < 4.78 is 39.9. The Morgan fingerprint density at radius 3 is 2.76 bits per heavy atom. The predicted molar refractivity (Wildman–Crippen MR) is 83.4 cm³/mol. The molecule has 1 heterocycles. The van der Waals surface area contributed by atoms with Gasteiger partial charge in [0, 0.05) is 20.8 Å². The highest BCUT2D eigenvalue weighted by atomic mass is 32.7. The van der Waals surface area contributed by atoms with Crippen molar-refractivity contribution in [2.45, 2.75) is 30.8 Å². The molecule has 0 saturated carbocycles. The van der Waals surface area contributed by atoms with Gasteiger partial charge < -0.3 is 40.3 Å². The molecule has 1 unspecified atom stereocenters. The minimum Gasteiger partial charge on any atom is -0.812 e. The van der Waals surface area contributed by atoms with E-state index in [1.807, 2.05) is 6.92 Å². The van der Waals surface area contributed by atoms with Crippen LogP contribution in [0.3, 0.4) is 0 Å². The van der Waals surface area contributed by atoms with Crippen LogP contribution >= 0.6 is 25.3 Å². The zero-order valence-electron chi connectivity index (χ0n) is 12.4. The van der Waals surface area contributed by atoms with Crippen molar-refractivity contribution in [3.05, 3.63) is 0 Å². The van der Waals surface area contributed by atoms with Crippen LogP contribution in [0.1, 0.15) is 14.7 Å². The van der Waals surface area contributed by atoms with Gasteiger partial charge >= 0.3 is 0 Å². The highest BCUT2D eigenvalue weighted by Gasteiger charge is 2.40. The van der Waals surface area contributed by atoms with E-state index < -0.39 is 36.7 Å². The third-order valence-electron chi connectivity index (χ3n) is 2.46. The molecular weight excluding hydrogens is 378 g/mol. The summed E-state index contributed by atoms with van der Waals surface area (Å²) in [5.41, 5.74) is -0.756. The van der Waals surface area contributed by atoms with Crippen molar-refractivity contribution >= 4 is 49.3 Å². The molecule has 5 atom stereocenters. The number of thioether (sulfide) groups is 1. The van der Waals surface area contributed by atoms with Gasteiger partial charge in [0.2, 0.25) is 0 Å². The van der Waals surface area contributed by atoms with Gasteiger partial charge in [0.15, 0.2) is 6.80 Å². The predicted octanol–water partition coefficient (Wildman–Crippen LogP) is 0.545. The van der Waals surface area contributed by atoms with Gasteiger partial charge in [0.25, 0.3) is 0 Å². The number of ether oxygens (including phenoxy) is 1. The van der Waals surface area contributed by atoms with Crippen LogP contribution in [0.25, 0.3) is 0 Å². The van der Waals surface area contributed by atoms with Crippen LogP contribution in [0.5, 0.6) is 0 Å². The van der Waals surface area contributed by atoms with E-state index in [9.17, 15) is 14.4 Å². The molecule has 1 saturated heterocycles. The van der Waals surface area contributed by atoms with Crippen molar-refractivity contribution in [2.75, 3.05) is 26.1 Å². The molecule has 0 radical (unpaired) electrons.